The first-order valence-electron chi connectivity index (χ1n) is 10.4. The number of nitrogens with zero attached hydrogens (tertiary/aromatic N) is 5. The highest BCUT2D eigenvalue weighted by atomic mass is 32.2. The highest BCUT2D eigenvalue weighted by Crippen LogP contribution is 2.19. The molecule has 0 unspecified atom stereocenters. The Bertz CT molecular complexity index is 1040. The van der Waals surface area contributed by atoms with Crippen LogP contribution in [-0.2, 0) is 26.0 Å². The van der Waals surface area contributed by atoms with E-state index in [1.165, 1.54) is 35.1 Å². The number of sulfonamides is 1. The van der Waals surface area contributed by atoms with Gasteiger partial charge in [0, 0.05) is 38.9 Å². The molecule has 1 aromatic heterocycles. The number of likely N-dealkylation sites (tertiary alicyclic amines) is 1. The van der Waals surface area contributed by atoms with E-state index in [9.17, 15) is 13.2 Å². The van der Waals surface area contributed by atoms with Gasteiger partial charge in [0.2, 0.25) is 0 Å². The fourth-order valence-electron chi connectivity index (χ4n) is 3.18. The zero-order chi connectivity index (χ0) is 23.1. The van der Waals surface area contributed by atoms with E-state index in [2.05, 4.69) is 20.0 Å². The zero-order valence-electron chi connectivity index (χ0n) is 18.4. The molecule has 1 fully saturated rings. The molecule has 1 N–H and O–H groups in total. The van der Waals surface area contributed by atoms with E-state index in [0.717, 1.165) is 13.0 Å². The number of hydrogen-bond acceptors (Lipinski definition) is 7. The molecule has 0 radical (unpaired) electrons. The van der Waals surface area contributed by atoms with Gasteiger partial charge in [0.15, 0.2) is 12.0 Å². The minimum Gasteiger partial charge on any atom is -0.362 e. The third-order valence-corrected chi connectivity index (χ3v) is 6.10. The van der Waals surface area contributed by atoms with Gasteiger partial charge in [-0.25, -0.2) is 4.68 Å². The molecule has 3 rings (SSSR count). The fourth-order valence-corrected chi connectivity index (χ4v) is 4.27. The number of amidine groups is 1. The molecular formula is C20H28N6O5S. The standard InChI is InChI=1S/C20H28N6O5S/c1-4-30-19(31-5-2)14-26-13-17(22-24-26)20(27)21-15-8-10-16(11-9-15)32(28,29)23-18-7-6-12-25(18)3/h8-11,13,19H,4-7,12,14H2,1-3H3,(H,21,27)/b23-18-. The number of aromatic nitrogens is 3. The number of benzene rings is 1. The molecule has 2 heterocycles. The van der Waals surface area contributed by atoms with Gasteiger partial charge in [-0.3, -0.25) is 4.79 Å². The van der Waals surface area contributed by atoms with Gasteiger partial charge in [0.25, 0.3) is 15.9 Å². The number of anilines is 1. The molecular weight excluding hydrogens is 436 g/mol. The molecule has 2 aromatic rings. The molecule has 0 spiro atoms. The van der Waals surface area contributed by atoms with Gasteiger partial charge in [-0.15, -0.1) is 9.50 Å². The van der Waals surface area contributed by atoms with Gasteiger partial charge in [0.1, 0.15) is 5.84 Å². The van der Waals surface area contributed by atoms with Crippen LogP contribution >= 0.6 is 0 Å². The van der Waals surface area contributed by atoms with Crippen molar-refractivity contribution in [3.05, 3.63) is 36.2 Å². The van der Waals surface area contributed by atoms with Crippen molar-refractivity contribution in [1.82, 2.24) is 19.9 Å². The highest BCUT2D eigenvalue weighted by Gasteiger charge is 2.20. The lowest BCUT2D eigenvalue weighted by molar-refractivity contribution is -0.145. The first-order chi connectivity index (χ1) is 15.3. The monoisotopic (exact) mass is 464 g/mol. The minimum atomic E-state index is -3.81. The molecule has 0 bridgehead atoms. The minimum absolute atomic E-state index is 0.0622. The Balaban J connectivity index is 1.63. The molecule has 1 amide bonds. The van der Waals surface area contributed by atoms with Gasteiger partial charge in [-0.1, -0.05) is 5.21 Å². The van der Waals surface area contributed by atoms with Crippen LogP contribution in [0.3, 0.4) is 0 Å². The number of rotatable bonds is 10. The molecule has 12 heteroatoms. The van der Waals surface area contributed by atoms with Crippen molar-refractivity contribution >= 4 is 27.5 Å². The second kappa shape index (κ2) is 10.7. The Kier molecular flexibility index (Phi) is 7.94. The summed E-state index contributed by atoms with van der Waals surface area (Å²) in [5, 5.41) is 10.5. The van der Waals surface area contributed by atoms with Crippen LogP contribution in [0.1, 0.15) is 37.2 Å². The first kappa shape index (κ1) is 23.8. The maximum absolute atomic E-state index is 12.5. The highest BCUT2D eigenvalue weighted by molar-refractivity contribution is 7.90. The maximum Gasteiger partial charge on any atom is 0.283 e. The van der Waals surface area contributed by atoms with Crippen molar-refractivity contribution in [2.45, 2.75) is 44.4 Å². The first-order valence-corrected chi connectivity index (χ1v) is 11.9. The maximum atomic E-state index is 12.5. The quantitative estimate of drug-likeness (QED) is 0.527. The van der Waals surface area contributed by atoms with E-state index < -0.39 is 22.2 Å². The molecule has 174 valence electrons. The van der Waals surface area contributed by atoms with Gasteiger partial charge >= 0.3 is 0 Å². The second-order valence-corrected chi connectivity index (χ2v) is 8.76. The van der Waals surface area contributed by atoms with Crippen LogP contribution in [0.15, 0.2) is 39.8 Å². The predicted octanol–water partition coefficient (Wildman–Crippen LogP) is 1.74. The molecule has 11 nitrogen and oxygen atoms in total. The Morgan fingerprint density at radius 2 is 1.91 bits per heavy atom. The number of carbonyl (C=O) groups excluding carboxylic acids is 1. The van der Waals surface area contributed by atoms with Gasteiger partial charge in [-0.2, -0.15) is 8.42 Å². The Hall–Kier alpha value is -2.83. The predicted molar refractivity (Wildman–Crippen MR) is 118 cm³/mol. The van der Waals surface area contributed by atoms with E-state index >= 15 is 0 Å². The van der Waals surface area contributed by atoms with Gasteiger partial charge in [0.05, 0.1) is 17.6 Å². The fraction of sp³-hybridized carbons (Fsp3) is 0.500. The van der Waals surface area contributed by atoms with Crippen molar-refractivity contribution < 1.29 is 22.7 Å². The number of ether oxygens (including phenoxy) is 2. The SMILES string of the molecule is CCOC(Cn1cc(C(=O)Nc2ccc(S(=O)(=O)/N=C3/CCCN3C)cc2)nn1)OCC. The van der Waals surface area contributed by atoms with Crippen LogP contribution in [0.5, 0.6) is 0 Å². The van der Waals surface area contributed by atoms with Crippen molar-refractivity contribution in [3.8, 4) is 0 Å². The molecule has 1 aliphatic rings. The van der Waals surface area contributed by atoms with Crippen LogP contribution in [0, 0.1) is 0 Å². The third-order valence-electron chi connectivity index (χ3n) is 4.78. The Morgan fingerprint density at radius 3 is 2.50 bits per heavy atom. The van der Waals surface area contributed by atoms with Gasteiger partial charge in [-0.05, 0) is 44.5 Å². The summed E-state index contributed by atoms with van der Waals surface area (Å²) >= 11 is 0. The number of carbonyl (C=O) groups is 1. The summed E-state index contributed by atoms with van der Waals surface area (Å²) in [7, 11) is -1.98. The molecule has 0 saturated carbocycles. The van der Waals surface area contributed by atoms with Crippen molar-refractivity contribution in [2.24, 2.45) is 4.40 Å². The summed E-state index contributed by atoms with van der Waals surface area (Å²) in [6.07, 6.45) is 2.54. The summed E-state index contributed by atoms with van der Waals surface area (Å²) in [6, 6.07) is 5.84. The lowest BCUT2D eigenvalue weighted by atomic mass is 10.3. The lowest BCUT2D eigenvalue weighted by Crippen LogP contribution is -2.24. The van der Waals surface area contributed by atoms with Crippen LogP contribution in [-0.4, -0.2) is 73.2 Å². The number of amides is 1. The molecule has 1 aliphatic heterocycles. The normalized spacial score (nSPS) is 15.6. The van der Waals surface area contributed by atoms with Crippen LogP contribution in [0.4, 0.5) is 5.69 Å². The summed E-state index contributed by atoms with van der Waals surface area (Å²) < 4.78 is 41.4. The third kappa shape index (κ3) is 6.11. The molecule has 0 aliphatic carbocycles. The van der Waals surface area contributed by atoms with Crippen LogP contribution in [0.2, 0.25) is 0 Å². The topological polar surface area (TPSA) is 128 Å². The number of hydrogen-bond donors (Lipinski definition) is 1. The van der Waals surface area contributed by atoms with Crippen molar-refractivity contribution in [1.29, 1.82) is 0 Å². The van der Waals surface area contributed by atoms with Crippen molar-refractivity contribution in [3.63, 3.8) is 0 Å². The number of nitrogens with one attached hydrogen (secondary N) is 1. The lowest BCUT2D eigenvalue weighted by Gasteiger charge is -2.16. The summed E-state index contributed by atoms with van der Waals surface area (Å²) in [5.41, 5.74) is 0.541. The second-order valence-electron chi connectivity index (χ2n) is 7.15. The van der Waals surface area contributed by atoms with E-state index in [4.69, 9.17) is 9.47 Å². The molecule has 1 aromatic carbocycles. The van der Waals surface area contributed by atoms with E-state index in [0.29, 0.717) is 37.7 Å². The van der Waals surface area contributed by atoms with Crippen LogP contribution < -0.4 is 5.32 Å². The summed E-state index contributed by atoms with van der Waals surface area (Å²) in [4.78, 5) is 14.4. The molecule has 1 saturated heterocycles. The molecule has 0 atom stereocenters. The molecule has 32 heavy (non-hydrogen) atoms. The van der Waals surface area contributed by atoms with E-state index in [1.807, 2.05) is 25.8 Å². The smallest absolute Gasteiger partial charge is 0.283 e. The van der Waals surface area contributed by atoms with E-state index in [-0.39, 0.29) is 10.6 Å². The van der Waals surface area contributed by atoms with Gasteiger partial charge < -0.3 is 19.7 Å². The summed E-state index contributed by atoms with van der Waals surface area (Å²) in [6.45, 7) is 5.79. The Morgan fingerprint density at radius 1 is 1.22 bits per heavy atom. The largest absolute Gasteiger partial charge is 0.362 e. The van der Waals surface area contributed by atoms with E-state index in [1.54, 1.807) is 0 Å². The van der Waals surface area contributed by atoms with Crippen LogP contribution in [0.25, 0.3) is 0 Å². The average Bonchev–Trinajstić information content (AvgIpc) is 3.38. The zero-order valence-corrected chi connectivity index (χ0v) is 19.2. The Labute approximate surface area is 187 Å². The summed E-state index contributed by atoms with van der Waals surface area (Å²) in [5.74, 6) is 0.0884. The average molecular weight is 465 g/mol. The van der Waals surface area contributed by atoms with Crippen molar-refractivity contribution in [2.75, 3.05) is 32.1 Å².